The van der Waals surface area contributed by atoms with E-state index in [-0.39, 0.29) is 17.2 Å². The first-order valence-corrected chi connectivity index (χ1v) is 4.50. The van der Waals surface area contributed by atoms with Gasteiger partial charge in [0.25, 0.3) is 0 Å². The van der Waals surface area contributed by atoms with Crippen molar-refractivity contribution in [3.63, 3.8) is 0 Å². The van der Waals surface area contributed by atoms with Gasteiger partial charge in [0.15, 0.2) is 5.15 Å². The summed E-state index contributed by atoms with van der Waals surface area (Å²) in [6.07, 6.45) is 0. The molecule has 0 fully saturated rings. The smallest absolute Gasteiger partial charge is 0.221 e. The van der Waals surface area contributed by atoms with Crippen LogP contribution in [0.2, 0.25) is 5.15 Å². The zero-order valence-corrected chi connectivity index (χ0v) is 8.82. The maximum atomic E-state index is 11.2. The second kappa shape index (κ2) is 4.43. The van der Waals surface area contributed by atoms with Gasteiger partial charge < -0.3 is 10.0 Å². The van der Waals surface area contributed by atoms with Crippen molar-refractivity contribution in [2.45, 2.75) is 0 Å². The third kappa shape index (κ3) is 2.24. The minimum absolute atomic E-state index is 0.0211. The maximum Gasteiger partial charge on any atom is 0.221 e. The van der Waals surface area contributed by atoms with Crippen LogP contribution in [0, 0.1) is 0 Å². The van der Waals surface area contributed by atoms with Crippen LogP contribution in [-0.2, 0) is 7.05 Å². The van der Waals surface area contributed by atoms with Gasteiger partial charge in [0.1, 0.15) is 5.82 Å². The highest BCUT2D eigenvalue weighted by molar-refractivity contribution is 6.29. The van der Waals surface area contributed by atoms with Gasteiger partial charge >= 0.3 is 0 Å². The Morgan fingerprint density at radius 2 is 2.36 bits per heavy atom. The lowest BCUT2D eigenvalue weighted by molar-refractivity contribution is 0.303. The van der Waals surface area contributed by atoms with Gasteiger partial charge in [0.05, 0.1) is 6.61 Å². The Balaban J connectivity index is 3.09. The first-order chi connectivity index (χ1) is 6.56. The zero-order chi connectivity index (χ0) is 10.7. The van der Waals surface area contributed by atoms with Gasteiger partial charge in [0, 0.05) is 26.7 Å². The third-order valence-corrected chi connectivity index (χ3v) is 2.12. The lowest BCUT2D eigenvalue weighted by Crippen LogP contribution is -2.27. The van der Waals surface area contributed by atoms with E-state index in [1.54, 1.807) is 19.0 Å². The molecule has 0 atom stereocenters. The first kappa shape index (κ1) is 11.0. The molecule has 1 heterocycles. The van der Waals surface area contributed by atoms with E-state index < -0.39 is 0 Å². The lowest BCUT2D eigenvalue weighted by atomic mass is 10.4. The van der Waals surface area contributed by atoms with Gasteiger partial charge in [-0.25, -0.2) is 0 Å². The average Bonchev–Trinajstić information content (AvgIpc) is 2.11. The number of aromatic nitrogens is 2. The number of nitrogens with zero attached hydrogens (tertiary/aromatic N) is 3. The Labute approximate surface area is 86.5 Å². The van der Waals surface area contributed by atoms with E-state index in [0.29, 0.717) is 12.4 Å². The zero-order valence-electron chi connectivity index (χ0n) is 8.07. The Kier molecular flexibility index (Phi) is 3.49. The van der Waals surface area contributed by atoms with E-state index in [9.17, 15) is 4.79 Å². The Bertz CT molecular complexity index is 377. The van der Waals surface area contributed by atoms with Crippen LogP contribution in [-0.4, -0.2) is 35.1 Å². The molecule has 0 radical (unpaired) electrons. The molecule has 0 bridgehead atoms. The summed E-state index contributed by atoms with van der Waals surface area (Å²) in [6, 6.07) is 1.39. The van der Waals surface area contributed by atoms with Crippen molar-refractivity contribution in [2.75, 3.05) is 25.1 Å². The maximum absolute atomic E-state index is 11.2. The molecule has 6 heteroatoms. The molecule has 0 saturated carbocycles. The molecular formula is C8H12ClN3O2. The first-order valence-electron chi connectivity index (χ1n) is 4.12. The predicted octanol–water partition coefficient (Wildman–Crippen LogP) is -0.138. The number of aryl methyl sites for hydroxylation is 1. The van der Waals surface area contributed by atoms with Crippen molar-refractivity contribution >= 4 is 17.4 Å². The molecule has 0 aliphatic rings. The second-order valence-electron chi connectivity index (χ2n) is 2.93. The predicted molar refractivity (Wildman–Crippen MR) is 54.8 cm³/mol. The molecule has 1 rings (SSSR count). The van der Waals surface area contributed by atoms with Crippen molar-refractivity contribution in [1.29, 1.82) is 0 Å². The summed E-state index contributed by atoms with van der Waals surface area (Å²) in [4.78, 5) is 12.9. The largest absolute Gasteiger partial charge is 0.395 e. The normalized spacial score (nSPS) is 10.3. The average molecular weight is 218 g/mol. The third-order valence-electron chi connectivity index (χ3n) is 1.86. The van der Waals surface area contributed by atoms with Gasteiger partial charge in [-0.05, 0) is 0 Å². The minimum atomic E-state index is -0.315. The SMILES string of the molecule is CN(CCO)c1cc(=O)c(Cl)nn1C. The highest BCUT2D eigenvalue weighted by Gasteiger charge is 2.07. The molecule has 78 valence electrons. The lowest BCUT2D eigenvalue weighted by Gasteiger charge is -2.19. The van der Waals surface area contributed by atoms with Gasteiger partial charge in [-0.15, -0.1) is 0 Å². The van der Waals surface area contributed by atoms with Crippen molar-refractivity contribution in [3.05, 3.63) is 21.4 Å². The van der Waals surface area contributed by atoms with E-state index in [1.165, 1.54) is 10.7 Å². The van der Waals surface area contributed by atoms with Crippen LogP contribution < -0.4 is 10.3 Å². The second-order valence-corrected chi connectivity index (χ2v) is 3.28. The van der Waals surface area contributed by atoms with E-state index in [2.05, 4.69) is 5.10 Å². The summed E-state index contributed by atoms with van der Waals surface area (Å²) >= 11 is 5.56. The van der Waals surface area contributed by atoms with Crippen LogP contribution in [0.5, 0.6) is 0 Å². The Hall–Kier alpha value is -1.07. The van der Waals surface area contributed by atoms with Crippen LogP contribution >= 0.6 is 11.6 Å². The molecule has 0 saturated heterocycles. The summed E-state index contributed by atoms with van der Waals surface area (Å²) in [7, 11) is 3.45. The summed E-state index contributed by atoms with van der Waals surface area (Å²) in [5, 5.41) is 12.5. The van der Waals surface area contributed by atoms with Crippen molar-refractivity contribution in [3.8, 4) is 0 Å². The summed E-state index contributed by atoms with van der Waals surface area (Å²) in [5.41, 5.74) is -0.315. The topological polar surface area (TPSA) is 58.4 Å². The van der Waals surface area contributed by atoms with Crippen molar-refractivity contribution in [2.24, 2.45) is 7.05 Å². The van der Waals surface area contributed by atoms with Crippen LogP contribution in [0.4, 0.5) is 5.82 Å². The molecular weight excluding hydrogens is 206 g/mol. The quantitative estimate of drug-likeness (QED) is 0.766. The molecule has 0 aliphatic carbocycles. The molecule has 5 nitrogen and oxygen atoms in total. The number of aliphatic hydroxyl groups excluding tert-OH is 1. The molecule has 0 aromatic carbocycles. The number of rotatable bonds is 3. The monoisotopic (exact) mass is 217 g/mol. The summed E-state index contributed by atoms with van der Waals surface area (Å²) in [5.74, 6) is 0.619. The van der Waals surface area contributed by atoms with Gasteiger partial charge in [-0.1, -0.05) is 11.6 Å². The van der Waals surface area contributed by atoms with Crippen LogP contribution in [0.15, 0.2) is 10.9 Å². The molecule has 14 heavy (non-hydrogen) atoms. The van der Waals surface area contributed by atoms with Gasteiger partial charge in [-0.3, -0.25) is 9.48 Å². The van der Waals surface area contributed by atoms with Crippen LogP contribution in [0.3, 0.4) is 0 Å². The number of anilines is 1. The Morgan fingerprint density at radius 1 is 1.71 bits per heavy atom. The molecule has 1 aromatic heterocycles. The number of likely N-dealkylation sites (N-methyl/N-ethyl adjacent to an activating group) is 1. The molecule has 1 aromatic rings. The fourth-order valence-electron chi connectivity index (χ4n) is 1.12. The molecule has 0 unspecified atom stereocenters. The fourth-order valence-corrected chi connectivity index (χ4v) is 1.29. The van der Waals surface area contributed by atoms with Crippen molar-refractivity contribution in [1.82, 2.24) is 9.78 Å². The van der Waals surface area contributed by atoms with Gasteiger partial charge in [0.2, 0.25) is 5.43 Å². The molecule has 0 spiro atoms. The van der Waals surface area contributed by atoms with Crippen molar-refractivity contribution < 1.29 is 5.11 Å². The molecule has 0 aliphatic heterocycles. The van der Waals surface area contributed by atoms with E-state index in [0.717, 1.165) is 0 Å². The van der Waals surface area contributed by atoms with Crippen LogP contribution in [0.25, 0.3) is 0 Å². The molecule has 0 amide bonds. The van der Waals surface area contributed by atoms with E-state index in [4.69, 9.17) is 16.7 Å². The number of aliphatic hydroxyl groups is 1. The van der Waals surface area contributed by atoms with E-state index in [1.807, 2.05) is 0 Å². The fraction of sp³-hybridized carbons (Fsp3) is 0.500. The Morgan fingerprint density at radius 3 is 2.93 bits per heavy atom. The molecule has 1 N–H and O–H groups in total. The number of hydrogen-bond acceptors (Lipinski definition) is 4. The van der Waals surface area contributed by atoms with E-state index >= 15 is 0 Å². The standard InChI is InChI=1S/C8H12ClN3O2/c1-11(3-4-13)7-5-6(14)8(9)10-12(7)2/h5,13H,3-4H2,1-2H3. The number of halogens is 1. The highest BCUT2D eigenvalue weighted by atomic mass is 35.5. The minimum Gasteiger partial charge on any atom is -0.395 e. The van der Waals surface area contributed by atoms with Crippen LogP contribution in [0.1, 0.15) is 0 Å². The summed E-state index contributed by atoms with van der Waals surface area (Å²) < 4.78 is 1.50. The number of hydrogen-bond donors (Lipinski definition) is 1. The van der Waals surface area contributed by atoms with Gasteiger partial charge in [-0.2, -0.15) is 5.10 Å². The summed E-state index contributed by atoms with van der Waals surface area (Å²) in [6.45, 7) is 0.462. The highest BCUT2D eigenvalue weighted by Crippen LogP contribution is 2.08.